The van der Waals surface area contributed by atoms with Crippen LogP contribution in [0.4, 0.5) is 0 Å². The predicted molar refractivity (Wildman–Crippen MR) is 70.2 cm³/mol. The van der Waals surface area contributed by atoms with Crippen molar-refractivity contribution in [1.29, 1.82) is 0 Å². The highest BCUT2D eigenvalue weighted by atomic mass is 79.9. The van der Waals surface area contributed by atoms with Crippen LogP contribution in [-0.2, 0) is 14.4 Å². The number of amides is 2. The van der Waals surface area contributed by atoms with Crippen molar-refractivity contribution in [2.45, 2.75) is 26.2 Å². The fourth-order valence-corrected chi connectivity index (χ4v) is 1.35. The lowest BCUT2D eigenvalue weighted by Crippen LogP contribution is -2.27. The largest absolute Gasteiger partial charge is 0.481 e. The molecule has 0 rings (SSSR count). The first-order valence-electron chi connectivity index (χ1n) is 5.62. The van der Waals surface area contributed by atoms with Crippen molar-refractivity contribution in [2.24, 2.45) is 0 Å². The van der Waals surface area contributed by atoms with Crippen LogP contribution < -0.4 is 10.6 Å². The van der Waals surface area contributed by atoms with Crippen LogP contribution in [0.5, 0.6) is 0 Å². The molecule has 0 unspecified atom stereocenters. The predicted octanol–water partition coefficient (Wildman–Crippen LogP) is 0.772. The van der Waals surface area contributed by atoms with E-state index in [1.807, 2.05) is 6.92 Å². The molecule has 18 heavy (non-hydrogen) atoms. The van der Waals surface area contributed by atoms with Crippen LogP contribution in [-0.4, -0.2) is 36.0 Å². The first kappa shape index (κ1) is 16.6. The van der Waals surface area contributed by atoms with E-state index in [0.717, 1.165) is 12.5 Å². The van der Waals surface area contributed by atoms with Crippen LogP contribution in [0.25, 0.3) is 0 Å². The van der Waals surface area contributed by atoms with Crippen LogP contribution in [0.15, 0.2) is 10.6 Å². The zero-order valence-electron chi connectivity index (χ0n) is 10.2. The Morgan fingerprint density at radius 2 is 1.89 bits per heavy atom. The summed E-state index contributed by atoms with van der Waals surface area (Å²) in [5.41, 5.74) is 0. The minimum atomic E-state index is -0.905. The maximum absolute atomic E-state index is 11.4. The Morgan fingerprint density at radius 3 is 2.44 bits per heavy atom. The normalized spacial score (nSPS) is 10.9. The SMILES string of the molecule is CCCNC(=O)/C=C(\Br)C(=O)NCCCC(=O)O. The van der Waals surface area contributed by atoms with Crippen molar-refractivity contribution in [1.82, 2.24) is 10.6 Å². The maximum Gasteiger partial charge on any atom is 0.303 e. The molecule has 0 atom stereocenters. The summed E-state index contributed by atoms with van der Waals surface area (Å²) < 4.78 is 0.117. The van der Waals surface area contributed by atoms with Crippen LogP contribution in [0.1, 0.15) is 26.2 Å². The molecule has 0 spiro atoms. The molecular weight excluding hydrogens is 304 g/mol. The smallest absolute Gasteiger partial charge is 0.303 e. The fraction of sp³-hybridized carbons (Fsp3) is 0.545. The van der Waals surface area contributed by atoms with Gasteiger partial charge in [0.1, 0.15) is 0 Å². The van der Waals surface area contributed by atoms with Gasteiger partial charge in [-0.3, -0.25) is 14.4 Å². The summed E-state index contributed by atoms with van der Waals surface area (Å²) in [5, 5.41) is 13.5. The quantitative estimate of drug-likeness (QED) is 0.455. The highest BCUT2D eigenvalue weighted by Gasteiger charge is 2.07. The van der Waals surface area contributed by atoms with E-state index >= 15 is 0 Å². The van der Waals surface area contributed by atoms with Gasteiger partial charge in [-0.25, -0.2) is 0 Å². The van der Waals surface area contributed by atoms with Crippen LogP contribution >= 0.6 is 15.9 Å². The Labute approximate surface area is 114 Å². The van der Waals surface area contributed by atoms with Crippen LogP contribution in [0.3, 0.4) is 0 Å². The minimum absolute atomic E-state index is 0.00139. The average molecular weight is 321 g/mol. The third kappa shape index (κ3) is 8.74. The standard InChI is InChI=1S/C11H17BrN2O4/c1-2-5-13-9(15)7-8(12)11(18)14-6-3-4-10(16)17/h7H,2-6H2,1H3,(H,13,15)(H,14,18)(H,16,17)/b8-7-. The van der Waals surface area contributed by atoms with E-state index in [4.69, 9.17) is 5.11 Å². The molecule has 6 nitrogen and oxygen atoms in total. The van der Waals surface area contributed by atoms with Gasteiger partial charge in [0.25, 0.3) is 5.91 Å². The fourth-order valence-electron chi connectivity index (χ4n) is 1.01. The van der Waals surface area contributed by atoms with Crippen molar-refractivity contribution in [3.63, 3.8) is 0 Å². The number of carbonyl (C=O) groups is 3. The third-order valence-corrected chi connectivity index (χ3v) is 2.47. The Bertz CT molecular complexity index is 342. The average Bonchev–Trinajstić information content (AvgIpc) is 2.31. The number of hydrogen-bond donors (Lipinski definition) is 3. The molecule has 7 heteroatoms. The van der Waals surface area contributed by atoms with Crippen LogP contribution in [0.2, 0.25) is 0 Å². The number of nitrogens with one attached hydrogen (secondary N) is 2. The van der Waals surface area contributed by atoms with Crippen molar-refractivity contribution in [2.75, 3.05) is 13.1 Å². The van der Waals surface area contributed by atoms with Gasteiger partial charge in [0.15, 0.2) is 0 Å². The second-order valence-electron chi connectivity index (χ2n) is 3.54. The molecule has 0 saturated heterocycles. The van der Waals surface area contributed by atoms with Crippen molar-refractivity contribution in [3.05, 3.63) is 10.6 Å². The van der Waals surface area contributed by atoms with Gasteiger partial charge in [-0.05, 0) is 28.8 Å². The van der Waals surface area contributed by atoms with E-state index in [1.54, 1.807) is 0 Å². The number of carboxylic acid groups (broad SMARTS) is 1. The number of carbonyl (C=O) groups excluding carboxylic acids is 2. The molecule has 102 valence electrons. The highest BCUT2D eigenvalue weighted by Crippen LogP contribution is 2.04. The van der Waals surface area contributed by atoms with Crippen LogP contribution in [0, 0.1) is 0 Å². The van der Waals surface area contributed by atoms with Gasteiger partial charge in [-0.2, -0.15) is 0 Å². The summed E-state index contributed by atoms with van der Waals surface area (Å²) in [5.74, 6) is -1.69. The van der Waals surface area contributed by atoms with Crippen molar-refractivity contribution >= 4 is 33.7 Å². The molecule has 0 aromatic heterocycles. The maximum atomic E-state index is 11.4. The molecule has 0 aromatic rings. The highest BCUT2D eigenvalue weighted by molar-refractivity contribution is 9.12. The van der Waals surface area contributed by atoms with Crippen molar-refractivity contribution in [3.8, 4) is 0 Å². The van der Waals surface area contributed by atoms with E-state index < -0.39 is 11.9 Å². The Kier molecular flexibility index (Phi) is 8.91. The molecule has 0 aliphatic carbocycles. The monoisotopic (exact) mass is 320 g/mol. The number of rotatable bonds is 8. The molecule has 0 aliphatic heterocycles. The summed E-state index contributed by atoms with van der Waals surface area (Å²) in [6.07, 6.45) is 2.32. The zero-order valence-corrected chi connectivity index (χ0v) is 11.7. The van der Waals surface area contributed by atoms with E-state index in [-0.39, 0.29) is 23.4 Å². The Balaban J connectivity index is 3.97. The zero-order chi connectivity index (χ0) is 14.0. The Morgan fingerprint density at radius 1 is 1.22 bits per heavy atom. The van der Waals surface area contributed by atoms with E-state index in [0.29, 0.717) is 13.0 Å². The lowest BCUT2D eigenvalue weighted by Gasteiger charge is -2.03. The first-order valence-corrected chi connectivity index (χ1v) is 6.41. The number of hydrogen-bond acceptors (Lipinski definition) is 3. The van der Waals surface area contributed by atoms with E-state index in [9.17, 15) is 14.4 Å². The molecule has 0 aliphatic rings. The van der Waals surface area contributed by atoms with Crippen molar-refractivity contribution < 1.29 is 19.5 Å². The summed E-state index contributed by atoms with van der Waals surface area (Å²) in [6, 6.07) is 0. The molecule has 0 bridgehead atoms. The number of halogens is 1. The first-order chi connectivity index (χ1) is 8.47. The molecule has 2 amide bonds. The molecule has 0 fully saturated rings. The topological polar surface area (TPSA) is 95.5 Å². The Hall–Kier alpha value is -1.37. The molecule has 0 heterocycles. The minimum Gasteiger partial charge on any atom is -0.481 e. The molecule has 0 aromatic carbocycles. The molecule has 0 radical (unpaired) electrons. The van der Waals surface area contributed by atoms with E-state index in [2.05, 4.69) is 26.6 Å². The summed E-state index contributed by atoms with van der Waals surface area (Å²) >= 11 is 2.99. The van der Waals surface area contributed by atoms with Gasteiger partial charge in [-0.1, -0.05) is 6.92 Å². The van der Waals surface area contributed by atoms with Gasteiger partial charge in [-0.15, -0.1) is 0 Å². The third-order valence-electron chi connectivity index (χ3n) is 1.88. The van der Waals surface area contributed by atoms with Gasteiger partial charge in [0.2, 0.25) is 5.91 Å². The van der Waals surface area contributed by atoms with Gasteiger partial charge < -0.3 is 15.7 Å². The lowest BCUT2D eigenvalue weighted by atomic mass is 10.3. The van der Waals surface area contributed by atoms with Gasteiger partial charge >= 0.3 is 5.97 Å². The second-order valence-corrected chi connectivity index (χ2v) is 4.39. The lowest BCUT2D eigenvalue weighted by molar-refractivity contribution is -0.137. The molecule has 0 saturated carbocycles. The van der Waals surface area contributed by atoms with Gasteiger partial charge in [0.05, 0.1) is 4.48 Å². The number of carboxylic acids is 1. The molecule has 3 N–H and O–H groups in total. The van der Waals surface area contributed by atoms with E-state index in [1.165, 1.54) is 0 Å². The summed E-state index contributed by atoms with van der Waals surface area (Å²) in [6.45, 7) is 2.73. The summed E-state index contributed by atoms with van der Waals surface area (Å²) in [7, 11) is 0. The van der Waals surface area contributed by atoms with Gasteiger partial charge in [0, 0.05) is 25.6 Å². The molecular formula is C11H17BrN2O4. The summed E-state index contributed by atoms with van der Waals surface area (Å²) in [4.78, 5) is 32.9. The second kappa shape index (κ2) is 9.64. The number of aliphatic carboxylic acids is 1.